The Bertz CT molecular complexity index is 1270. The van der Waals surface area contributed by atoms with E-state index in [1.54, 1.807) is 0 Å². The molecular weight excluding hydrogens is 516 g/mol. The molecule has 3 rings (SSSR count). The summed E-state index contributed by atoms with van der Waals surface area (Å²) >= 11 is 0. The highest BCUT2D eigenvalue weighted by Gasteiger charge is 2.34. The summed E-state index contributed by atoms with van der Waals surface area (Å²) in [6, 6.07) is 11.9. The van der Waals surface area contributed by atoms with Crippen LogP contribution in [0.1, 0.15) is 99.2 Å². The lowest BCUT2D eigenvalue weighted by atomic mass is 9.71. The SMILES string of the molecule is CCCC(CC1CC(=O)c2c(C)ccc(-c3ccc(CC(=O)CCC(=O)OC)cc3)c2C1)C(CC)C(=O)CC(C)=O. The second-order valence-corrected chi connectivity index (χ2v) is 11.6. The molecule has 0 bridgehead atoms. The Labute approximate surface area is 244 Å². The second-order valence-electron chi connectivity index (χ2n) is 11.6. The Morgan fingerprint density at radius 1 is 0.976 bits per heavy atom. The maximum Gasteiger partial charge on any atom is 0.305 e. The zero-order valence-corrected chi connectivity index (χ0v) is 25.2. The van der Waals surface area contributed by atoms with Gasteiger partial charge in [0.2, 0.25) is 0 Å². The number of Topliss-reactive ketones (excluding diaryl/α,β-unsaturated/α-hetero) is 4. The number of carbonyl (C=O) groups excluding carboxylic acids is 5. The maximum atomic E-state index is 13.5. The first kappa shape index (κ1) is 32.1. The minimum absolute atomic E-state index is 0.0125. The number of hydrogen-bond donors (Lipinski definition) is 0. The van der Waals surface area contributed by atoms with Crippen LogP contribution in [-0.2, 0) is 36.8 Å². The quantitative estimate of drug-likeness (QED) is 0.175. The van der Waals surface area contributed by atoms with E-state index in [-0.39, 0.29) is 72.5 Å². The smallest absolute Gasteiger partial charge is 0.305 e. The molecule has 220 valence electrons. The molecule has 0 amide bonds. The van der Waals surface area contributed by atoms with Crippen LogP contribution >= 0.6 is 0 Å². The summed E-state index contributed by atoms with van der Waals surface area (Å²) in [6.45, 7) is 7.59. The predicted molar refractivity (Wildman–Crippen MR) is 160 cm³/mol. The number of aryl methyl sites for hydroxylation is 1. The van der Waals surface area contributed by atoms with Gasteiger partial charge in [-0.1, -0.05) is 63.1 Å². The van der Waals surface area contributed by atoms with Gasteiger partial charge < -0.3 is 4.74 Å². The minimum Gasteiger partial charge on any atom is -0.469 e. The Balaban J connectivity index is 1.83. The molecule has 2 aromatic rings. The maximum absolute atomic E-state index is 13.5. The van der Waals surface area contributed by atoms with Crippen molar-refractivity contribution in [3.8, 4) is 11.1 Å². The third-order valence-electron chi connectivity index (χ3n) is 8.41. The molecule has 0 heterocycles. The van der Waals surface area contributed by atoms with Crippen molar-refractivity contribution in [2.45, 2.75) is 91.9 Å². The molecule has 1 aliphatic rings. The standard InChI is InChI=1S/C35H44O6/c1-6-8-27(29(7-2)32(38)17-23(4)36)18-25-20-31-30(15-9-22(3)35(31)33(39)21-25)26-12-10-24(11-13-26)19-28(37)14-16-34(40)41-5/h9-13,15,25,27,29H,6-8,14,16-21H2,1-5H3. The molecule has 0 fully saturated rings. The second kappa shape index (κ2) is 15.0. The lowest BCUT2D eigenvalue weighted by Gasteiger charge is -2.32. The van der Waals surface area contributed by atoms with Gasteiger partial charge in [-0.05, 0) is 72.8 Å². The number of benzene rings is 2. The number of ether oxygens (including phenoxy) is 1. The number of esters is 1. The fourth-order valence-electron chi connectivity index (χ4n) is 6.47. The van der Waals surface area contributed by atoms with Crippen molar-refractivity contribution in [1.29, 1.82) is 0 Å². The Kier molecular flexibility index (Phi) is 11.7. The van der Waals surface area contributed by atoms with E-state index >= 15 is 0 Å². The summed E-state index contributed by atoms with van der Waals surface area (Å²) in [6.07, 6.45) is 5.07. The average molecular weight is 561 g/mol. The number of fused-ring (bicyclic) bond motifs is 1. The van der Waals surface area contributed by atoms with E-state index in [0.717, 1.165) is 59.1 Å². The van der Waals surface area contributed by atoms with Crippen LogP contribution < -0.4 is 0 Å². The lowest BCUT2D eigenvalue weighted by molar-refractivity contribution is -0.141. The number of ketones is 4. The van der Waals surface area contributed by atoms with Crippen LogP contribution in [0.2, 0.25) is 0 Å². The van der Waals surface area contributed by atoms with Crippen molar-refractivity contribution < 1.29 is 28.7 Å². The molecule has 1 aliphatic carbocycles. The van der Waals surface area contributed by atoms with Crippen LogP contribution in [0, 0.1) is 24.7 Å². The van der Waals surface area contributed by atoms with Gasteiger partial charge in [-0.15, -0.1) is 0 Å². The zero-order chi connectivity index (χ0) is 30.1. The first-order valence-corrected chi connectivity index (χ1v) is 14.9. The van der Waals surface area contributed by atoms with E-state index in [1.807, 2.05) is 44.2 Å². The normalized spacial score (nSPS) is 16.0. The number of rotatable bonds is 15. The van der Waals surface area contributed by atoms with Crippen LogP contribution in [0.3, 0.4) is 0 Å². The van der Waals surface area contributed by atoms with E-state index < -0.39 is 0 Å². The molecule has 0 radical (unpaired) electrons. The third kappa shape index (κ3) is 8.54. The molecule has 6 heteroatoms. The highest BCUT2D eigenvalue weighted by molar-refractivity contribution is 6.02. The molecule has 3 atom stereocenters. The highest BCUT2D eigenvalue weighted by Crippen LogP contribution is 2.40. The number of hydrogen-bond acceptors (Lipinski definition) is 6. The average Bonchev–Trinajstić information content (AvgIpc) is 2.92. The molecule has 0 saturated carbocycles. The molecular formula is C35H44O6. The van der Waals surface area contributed by atoms with Crippen molar-refractivity contribution in [3.63, 3.8) is 0 Å². The molecule has 41 heavy (non-hydrogen) atoms. The molecule has 0 saturated heterocycles. The highest BCUT2D eigenvalue weighted by atomic mass is 16.5. The monoisotopic (exact) mass is 560 g/mol. The molecule has 0 aliphatic heterocycles. The summed E-state index contributed by atoms with van der Waals surface area (Å²) in [5.74, 6) is -0.184. The van der Waals surface area contributed by atoms with Crippen molar-refractivity contribution in [2.75, 3.05) is 7.11 Å². The van der Waals surface area contributed by atoms with Crippen molar-refractivity contribution in [1.82, 2.24) is 0 Å². The van der Waals surface area contributed by atoms with Gasteiger partial charge in [0.15, 0.2) is 5.78 Å². The summed E-state index contributed by atoms with van der Waals surface area (Å²) < 4.78 is 4.62. The van der Waals surface area contributed by atoms with Gasteiger partial charge in [0.05, 0.1) is 20.0 Å². The van der Waals surface area contributed by atoms with Crippen molar-refractivity contribution in [3.05, 3.63) is 58.7 Å². The van der Waals surface area contributed by atoms with E-state index in [0.29, 0.717) is 12.8 Å². The van der Waals surface area contributed by atoms with Gasteiger partial charge in [-0.3, -0.25) is 24.0 Å². The number of carbonyl (C=O) groups is 5. The number of methoxy groups -OCH3 is 1. The van der Waals surface area contributed by atoms with Crippen LogP contribution in [0.15, 0.2) is 36.4 Å². The van der Waals surface area contributed by atoms with E-state index in [9.17, 15) is 24.0 Å². The Morgan fingerprint density at radius 2 is 1.68 bits per heavy atom. The fraction of sp³-hybridized carbons (Fsp3) is 0.514. The zero-order valence-electron chi connectivity index (χ0n) is 25.2. The van der Waals surface area contributed by atoms with E-state index in [4.69, 9.17) is 0 Å². The topological polar surface area (TPSA) is 94.6 Å². The van der Waals surface area contributed by atoms with Gasteiger partial charge >= 0.3 is 5.97 Å². The van der Waals surface area contributed by atoms with Crippen molar-refractivity contribution >= 4 is 29.1 Å². The molecule has 0 N–H and O–H groups in total. The van der Waals surface area contributed by atoms with Crippen LogP contribution in [0.4, 0.5) is 0 Å². The Morgan fingerprint density at radius 3 is 2.29 bits per heavy atom. The van der Waals surface area contributed by atoms with Crippen LogP contribution in [-0.4, -0.2) is 36.2 Å². The summed E-state index contributed by atoms with van der Waals surface area (Å²) in [4.78, 5) is 61.7. The third-order valence-corrected chi connectivity index (χ3v) is 8.41. The predicted octanol–water partition coefficient (Wildman–Crippen LogP) is 6.85. The fourth-order valence-corrected chi connectivity index (χ4v) is 6.47. The molecule has 6 nitrogen and oxygen atoms in total. The van der Waals surface area contributed by atoms with Crippen LogP contribution in [0.5, 0.6) is 0 Å². The first-order valence-electron chi connectivity index (χ1n) is 14.9. The molecule has 0 aromatic heterocycles. The molecule has 2 aromatic carbocycles. The summed E-state index contributed by atoms with van der Waals surface area (Å²) in [5.41, 5.74) is 5.75. The summed E-state index contributed by atoms with van der Waals surface area (Å²) in [5, 5.41) is 0. The van der Waals surface area contributed by atoms with E-state index in [1.165, 1.54) is 14.0 Å². The Hall–Kier alpha value is -3.41. The van der Waals surface area contributed by atoms with Gasteiger partial charge in [-0.2, -0.15) is 0 Å². The van der Waals surface area contributed by atoms with Gasteiger partial charge in [0.25, 0.3) is 0 Å². The molecule has 3 unspecified atom stereocenters. The van der Waals surface area contributed by atoms with E-state index in [2.05, 4.69) is 17.7 Å². The van der Waals surface area contributed by atoms with Crippen LogP contribution in [0.25, 0.3) is 11.1 Å². The van der Waals surface area contributed by atoms with Gasteiger partial charge in [-0.25, -0.2) is 0 Å². The first-order chi connectivity index (χ1) is 19.6. The largest absolute Gasteiger partial charge is 0.469 e. The van der Waals surface area contributed by atoms with Gasteiger partial charge in [0, 0.05) is 30.7 Å². The minimum atomic E-state index is -0.389. The van der Waals surface area contributed by atoms with Gasteiger partial charge in [0.1, 0.15) is 17.3 Å². The summed E-state index contributed by atoms with van der Waals surface area (Å²) in [7, 11) is 1.31. The van der Waals surface area contributed by atoms with Crippen molar-refractivity contribution in [2.24, 2.45) is 17.8 Å². The molecule has 0 spiro atoms. The lowest BCUT2D eigenvalue weighted by Crippen LogP contribution is -2.30.